The van der Waals surface area contributed by atoms with Gasteiger partial charge >= 0.3 is 11.9 Å². The molecular weight excluding hydrogens is 349 g/mol. The van der Waals surface area contributed by atoms with Gasteiger partial charge in [0.25, 0.3) is 0 Å². The van der Waals surface area contributed by atoms with Gasteiger partial charge in [-0.1, -0.05) is 18.2 Å². The Labute approximate surface area is 146 Å². The van der Waals surface area contributed by atoms with Gasteiger partial charge in [0.05, 0.1) is 18.7 Å². The maximum absolute atomic E-state index is 12.6. The summed E-state index contributed by atoms with van der Waals surface area (Å²) in [7, 11) is 0. The molecule has 1 aromatic heterocycles. The minimum atomic E-state index is -4.43. The lowest BCUT2D eigenvalue weighted by Crippen LogP contribution is -2.17. The minimum absolute atomic E-state index is 0.0439. The van der Waals surface area contributed by atoms with Gasteiger partial charge < -0.3 is 9.15 Å². The molecule has 26 heavy (non-hydrogen) atoms. The molecule has 0 saturated carbocycles. The Hall–Kier alpha value is -3.03. The first kappa shape index (κ1) is 17.8. The van der Waals surface area contributed by atoms with Crippen molar-refractivity contribution in [3.8, 4) is 17.2 Å². The molecule has 0 aliphatic rings. The molecule has 136 valence electrons. The van der Waals surface area contributed by atoms with Crippen molar-refractivity contribution in [3.63, 3.8) is 0 Å². The fourth-order valence-electron chi connectivity index (χ4n) is 2.42. The molecule has 0 atom stereocenters. The molecule has 1 heterocycles. The van der Waals surface area contributed by atoms with Gasteiger partial charge in [0.15, 0.2) is 0 Å². The molecule has 0 aliphatic carbocycles. The summed E-state index contributed by atoms with van der Waals surface area (Å²) >= 11 is 0. The normalized spacial score (nSPS) is 11.5. The van der Waals surface area contributed by atoms with Crippen molar-refractivity contribution in [2.75, 3.05) is 6.61 Å². The van der Waals surface area contributed by atoms with Crippen molar-refractivity contribution < 1.29 is 22.3 Å². The van der Waals surface area contributed by atoms with E-state index >= 15 is 0 Å². The Morgan fingerprint density at radius 3 is 2.46 bits per heavy atom. The molecular formula is C18H15F3N2O3. The number of hydrogen-bond acceptors (Lipinski definition) is 4. The van der Waals surface area contributed by atoms with Crippen LogP contribution < -0.4 is 10.5 Å². The molecule has 0 amide bonds. The summed E-state index contributed by atoms with van der Waals surface area (Å²) in [5.41, 5.74) is 0.240. The van der Waals surface area contributed by atoms with E-state index in [1.807, 2.05) is 13.0 Å². The first-order valence-corrected chi connectivity index (χ1v) is 7.84. The second-order valence-electron chi connectivity index (χ2n) is 5.45. The highest BCUT2D eigenvalue weighted by atomic mass is 19.4. The summed E-state index contributed by atoms with van der Waals surface area (Å²) in [5, 5.41) is 4.07. The van der Waals surface area contributed by atoms with Gasteiger partial charge in [-0.3, -0.25) is 0 Å². The average Bonchev–Trinajstić information content (AvgIpc) is 2.97. The van der Waals surface area contributed by atoms with Gasteiger partial charge in [0.1, 0.15) is 5.75 Å². The molecule has 0 spiro atoms. The van der Waals surface area contributed by atoms with Crippen LogP contribution in [0.4, 0.5) is 13.2 Å². The molecule has 0 aliphatic heterocycles. The molecule has 0 N–H and O–H groups in total. The van der Waals surface area contributed by atoms with Crippen LogP contribution in [0.2, 0.25) is 0 Å². The van der Waals surface area contributed by atoms with Gasteiger partial charge in [0, 0.05) is 11.1 Å². The van der Waals surface area contributed by atoms with Crippen LogP contribution in [0.5, 0.6) is 5.75 Å². The zero-order valence-electron chi connectivity index (χ0n) is 13.8. The molecule has 0 fully saturated rings. The zero-order chi connectivity index (χ0) is 18.7. The van der Waals surface area contributed by atoms with Crippen LogP contribution in [-0.2, 0) is 12.7 Å². The van der Waals surface area contributed by atoms with Crippen LogP contribution in [0.3, 0.4) is 0 Å². The maximum Gasteiger partial charge on any atom is 0.437 e. The molecule has 3 rings (SSSR count). The van der Waals surface area contributed by atoms with Crippen LogP contribution >= 0.6 is 0 Å². The van der Waals surface area contributed by atoms with E-state index in [9.17, 15) is 18.0 Å². The number of nitrogens with zero attached hydrogens (tertiary/aromatic N) is 2. The van der Waals surface area contributed by atoms with Gasteiger partial charge in [-0.05, 0) is 37.3 Å². The van der Waals surface area contributed by atoms with E-state index in [0.29, 0.717) is 12.4 Å². The quantitative estimate of drug-likeness (QED) is 0.687. The molecule has 0 radical (unpaired) electrons. The number of hydrogen-bond donors (Lipinski definition) is 0. The van der Waals surface area contributed by atoms with Gasteiger partial charge in [-0.25, -0.2) is 4.79 Å². The standard InChI is InChI=1S/C18H15F3N2O3/c1-2-25-15-6-4-3-5-13(15)11-23-17(24)26-16(22-23)12-7-9-14(10-8-12)18(19,20)21/h3-10H,2,11H2,1H3. The van der Waals surface area contributed by atoms with Crippen LogP contribution in [0.25, 0.3) is 11.5 Å². The van der Waals surface area contributed by atoms with E-state index in [0.717, 1.165) is 22.4 Å². The van der Waals surface area contributed by atoms with Crippen molar-refractivity contribution in [1.29, 1.82) is 0 Å². The topological polar surface area (TPSA) is 57.3 Å². The number of alkyl halides is 3. The first-order chi connectivity index (χ1) is 12.4. The summed E-state index contributed by atoms with van der Waals surface area (Å²) in [4.78, 5) is 12.0. The fraction of sp³-hybridized carbons (Fsp3) is 0.222. The number of halogens is 3. The Balaban J connectivity index is 1.87. The zero-order valence-corrected chi connectivity index (χ0v) is 13.8. The van der Waals surface area contributed by atoms with Gasteiger partial charge in [-0.15, -0.1) is 5.10 Å². The maximum atomic E-state index is 12.6. The second-order valence-corrected chi connectivity index (χ2v) is 5.45. The van der Waals surface area contributed by atoms with Gasteiger partial charge in [-0.2, -0.15) is 17.9 Å². The third kappa shape index (κ3) is 3.79. The molecule has 5 nitrogen and oxygen atoms in total. The highest BCUT2D eigenvalue weighted by Gasteiger charge is 2.30. The second kappa shape index (κ2) is 7.07. The average molecular weight is 364 g/mol. The lowest BCUT2D eigenvalue weighted by Gasteiger charge is -2.08. The highest BCUT2D eigenvalue weighted by Crippen LogP contribution is 2.30. The van der Waals surface area contributed by atoms with E-state index in [1.54, 1.807) is 18.2 Å². The lowest BCUT2D eigenvalue weighted by molar-refractivity contribution is -0.137. The predicted molar refractivity (Wildman–Crippen MR) is 87.9 cm³/mol. The van der Waals surface area contributed by atoms with Crippen molar-refractivity contribution in [1.82, 2.24) is 9.78 Å². The van der Waals surface area contributed by atoms with E-state index in [4.69, 9.17) is 9.15 Å². The fourth-order valence-corrected chi connectivity index (χ4v) is 2.42. The Kier molecular flexibility index (Phi) is 4.83. The molecule has 3 aromatic rings. The molecule has 2 aromatic carbocycles. The van der Waals surface area contributed by atoms with Crippen molar-refractivity contribution in [2.24, 2.45) is 0 Å². The van der Waals surface area contributed by atoms with Crippen molar-refractivity contribution >= 4 is 0 Å². The van der Waals surface area contributed by atoms with Crippen LogP contribution in [0.1, 0.15) is 18.1 Å². The third-order valence-electron chi connectivity index (χ3n) is 3.66. The van der Waals surface area contributed by atoms with Crippen molar-refractivity contribution in [3.05, 3.63) is 70.2 Å². The summed E-state index contributed by atoms with van der Waals surface area (Å²) in [5.74, 6) is -0.121. The molecule has 8 heteroatoms. The number of rotatable bonds is 5. The third-order valence-corrected chi connectivity index (χ3v) is 3.66. The number of benzene rings is 2. The lowest BCUT2D eigenvalue weighted by atomic mass is 10.1. The highest BCUT2D eigenvalue weighted by molar-refractivity contribution is 5.53. The summed E-state index contributed by atoms with van der Waals surface area (Å²) < 4.78 is 49.6. The summed E-state index contributed by atoms with van der Waals surface area (Å²) in [6.45, 7) is 2.45. The largest absolute Gasteiger partial charge is 0.494 e. The smallest absolute Gasteiger partial charge is 0.437 e. The predicted octanol–water partition coefficient (Wildman–Crippen LogP) is 3.97. The summed E-state index contributed by atoms with van der Waals surface area (Å²) in [6.07, 6.45) is -4.43. The Bertz CT molecular complexity index is 943. The van der Waals surface area contributed by atoms with E-state index in [1.165, 1.54) is 12.1 Å². The van der Waals surface area contributed by atoms with Crippen molar-refractivity contribution in [2.45, 2.75) is 19.6 Å². The van der Waals surface area contributed by atoms with Gasteiger partial charge in [0.2, 0.25) is 5.89 Å². The molecule has 0 unspecified atom stereocenters. The molecule has 0 bridgehead atoms. The molecule has 0 saturated heterocycles. The number of aromatic nitrogens is 2. The van der Waals surface area contributed by atoms with E-state index in [-0.39, 0.29) is 18.0 Å². The minimum Gasteiger partial charge on any atom is -0.494 e. The Morgan fingerprint density at radius 1 is 1.12 bits per heavy atom. The van der Waals surface area contributed by atoms with E-state index in [2.05, 4.69) is 5.10 Å². The number of para-hydroxylation sites is 1. The van der Waals surface area contributed by atoms with E-state index < -0.39 is 17.5 Å². The Morgan fingerprint density at radius 2 is 1.81 bits per heavy atom. The van der Waals surface area contributed by atoms with Crippen LogP contribution in [-0.4, -0.2) is 16.4 Å². The monoisotopic (exact) mass is 364 g/mol. The first-order valence-electron chi connectivity index (χ1n) is 7.84. The number of ether oxygens (including phenoxy) is 1. The van der Waals surface area contributed by atoms with Crippen LogP contribution in [0.15, 0.2) is 57.7 Å². The van der Waals surface area contributed by atoms with Crippen LogP contribution in [0, 0.1) is 0 Å². The summed E-state index contributed by atoms with van der Waals surface area (Å²) in [6, 6.07) is 11.5. The SMILES string of the molecule is CCOc1ccccc1Cn1nc(-c2ccc(C(F)(F)F)cc2)oc1=O.